The van der Waals surface area contributed by atoms with E-state index in [-0.39, 0.29) is 18.1 Å². The molecule has 0 bridgehead atoms. The number of aromatic nitrogens is 4. The molecule has 4 rings (SSSR count). The van der Waals surface area contributed by atoms with E-state index in [9.17, 15) is 0 Å². The smallest absolute Gasteiger partial charge is 0.158 e. The lowest BCUT2D eigenvalue weighted by molar-refractivity contribution is 0.415. The number of anilines is 2. The highest BCUT2D eigenvalue weighted by atomic mass is 35.5. The molecule has 9 heteroatoms. The van der Waals surface area contributed by atoms with Gasteiger partial charge in [0.05, 0.1) is 25.2 Å². The number of hydrogen-bond donors (Lipinski definition) is 3. The van der Waals surface area contributed by atoms with Crippen molar-refractivity contribution in [1.29, 1.82) is 5.26 Å². The zero-order chi connectivity index (χ0) is 19.3. The third kappa shape index (κ3) is 4.83. The molecule has 0 radical (unpaired) electrons. The van der Waals surface area contributed by atoms with Gasteiger partial charge in [0, 0.05) is 17.7 Å². The first kappa shape index (κ1) is 20.6. The van der Waals surface area contributed by atoms with Gasteiger partial charge in [0.2, 0.25) is 0 Å². The SMILES string of the molecule is COc1cc(C[C@H]2CCCN2)ccc1-c1cc(Nc2cnc(C#N)cn2)n[nH]1.Cl. The first-order valence-corrected chi connectivity index (χ1v) is 9.20. The number of H-pyrrole nitrogens is 1. The van der Waals surface area contributed by atoms with E-state index in [0.29, 0.717) is 17.7 Å². The molecule has 0 amide bonds. The van der Waals surface area contributed by atoms with Crippen LogP contribution in [0.25, 0.3) is 11.3 Å². The maximum Gasteiger partial charge on any atom is 0.158 e. The number of ether oxygens (including phenoxy) is 1. The average Bonchev–Trinajstić information content (AvgIpc) is 3.41. The van der Waals surface area contributed by atoms with Crippen molar-refractivity contribution in [2.75, 3.05) is 19.0 Å². The number of nitrogens with one attached hydrogen (secondary N) is 3. The summed E-state index contributed by atoms with van der Waals surface area (Å²) in [7, 11) is 1.68. The summed E-state index contributed by atoms with van der Waals surface area (Å²) in [5.74, 6) is 1.93. The molecule has 2 aromatic heterocycles. The highest BCUT2D eigenvalue weighted by Gasteiger charge is 2.16. The highest BCUT2D eigenvalue weighted by Crippen LogP contribution is 2.31. The number of benzene rings is 1. The molecule has 1 fully saturated rings. The lowest BCUT2D eigenvalue weighted by atomic mass is 10.0. The molecule has 1 aliphatic rings. The van der Waals surface area contributed by atoms with Crippen molar-refractivity contribution in [2.45, 2.75) is 25.3 Å². The van der Waals surface area contributed by atoms with Gasteiger partial charge >= 0.3 is 0 Å². The van der Waals surface area contributed by atoms with Gasteiger partial charge in [0.25, 0.3) is 0 Å². The third-order valence-corrected chi connectivity index (χ3v) is 4.80. The second-order valence-electron chi connectivity index (χ2n) is 6.72. The molecule has 1 aliphatic heterocycles. The van der Waals surface area contributed by atoms with Crippen LogP contribution in [0.1, 0.15) is 24.1 Å². The topological polar surface area (TPSA) is 112 Å². The minimum absolute atomic E-state index is 0. The van der Waals surface area contributed by atoms with Gasteiger partial charge in [0.15, 0.2) is 11.5 Å². The number of rotatable bonds is 6. The minimum Gasteiger partial charge on any atom is -0.496 e. The Morgan fingerprint density at radius 2 is 2.14 bits per heavy atom. The number of nitriles is 1. The Hall–Kier alpha value is -3.15. The molecule has 3 aromatic rings. The van der Waals surface area contributed by atoms with E-state index in [1.165, 1.54) is 30.8 Å². The quantitative estimate of drug-likeness (QED) is 0.571. The van der Waals surface area contributed by atoms with Crippen molar-refractivity contribution < 1.29 is 4.74 Å². The summed E-state index contributed by atoms with van der Waals surface area (Å²) in [5, 5.41) is 22.7. The van der Waals surface area contributed by atoms with E-state index in [4.69, 9.17) is 10.00 Å². The van der Waals surface area contributed by atoms with Gasteiger partial charge in [0.1, 0.15) is 17.6 Å². The number of halogens is 1. The van der Waals surface area contributed by atoms with Crippen molar-refractivity contribution in [3.05, 3.63) is 47.9 Å². The van der Waals surface area contributed by atoms with Crippen LogP contribution in [0.2, 0.25) is 0 Å². The van der Waals surface area contributed by atoms with Crippen LogP contribution < -0.4 is 15.4 Å². The molecule has 8 nitrogen and oxygen atoms in total. The van der Waals surface area contributed by atoms with E-state index in [2.05, 4.69) is 49.0 Å². The fraction of sp³-hybridized carbons (Fsp3) is 0.300. The summed E-state index contributed by atoms with van der Waals surface area (Å²) < 4.78 is 5.62. The largest absolute Gasteiger partial charge is 0.496 e. The maximum atomic E-state index is 8.79. The molecule has 0 aliphatic carbocycles. The molecule has 0 spiro atoms. The van der Waals surface area contributed by atoms with Gasteiger partial charge in [-0.15, -0.1) is 12.4 Å². The summed E-state index contributed by atoms with van der Waals surface area (Å²) in [6.45, 7) is 1.10. The second kappa shape index (κ2) is 9.37. The maximum absolute atomic E-state index is 8.79. The third-order valence-electron chi connectivity index (χ3n) is 4.80. The standard InChI is InChI=1S/C20H21N7O.ClH/c1-28-18-8-13(7-14-3-2-6-22-14)4-5-16(18)17-9-19(27-26-17)25-20-12-23-15(10-21)11-24-20;/h4-5,8-9,11-12,14,22H,2-3,6-7H2,1H3,(H2,24,25,26,27);1H/t14-;/m1./s1. The molecular weight excluding hydrogens is 390 g/mol. The lowest BCUT2D eigenvalue weighted by Gasteiger charge is -2.13. The van der Waals surface area contributed by atoms with Crippen LogP contribution in [-0.4, -0.2) is 39.9 Å². The van der Waals surface area contributed by atoms with Gasteiger partial charge in [-0.05, 0) is 43.5 Å². The monoisotopic (exact) mass is 411 g/mol. The molecule has 0 saturated carbocycles. The molecule has 1 aromatic carbocycles. The average molecular weight is 412 g/mol. The van der Waals surface area contributed by atoms with Crippen molar-refractivity contribution >= 4 is 24.0 Å². The van der Waals surface area contributed by atoms with Crippen molar-refractivity contribution in [3.8, 4) is 23.1 Å². The van der Waals surface area contributed by atoms with E-state index in [1.54, 1.807) is 7.11 Å². The Labute approximate surface area is 175 Å². The Bertz CT molecular complexity index is 991. The molecule has 1 saturated heterocycles. The van der Waals surface area contributed by atoms with Crippen molar-refractivity contribution in [3.63, 3.8) is 0 Å². The fourth-order valence-electron chi connectivity index (χ4n) is 3.41. The van der Waals surface area contributed by atoms with Crippen molar-refractivity contribution in [1.82, 2.24) is 25.5 Å². The van der Waals surface area contributed by atoms with Crippen LogP contribution in [0.3, 0.4) is 0 Å². The van der Waals surface area contributed by atoms with E-state index in [0.717, 1.165) is 30.0 Å². The molecule has 29 heavy (non-hydrogen) atoms. The Kier molecular flexibility index (Phi) is 6.65. The zero-order valence-corrected chi connectivity index (χ0v) is 16.8. The lowest BCUT2D eigenvalue weighted by Crippen LogP contribution is -2.23. The van der Waals surface area contributed by atoms with Gasteiger partial charge < -0.3 is 15.4 Å². The fourth-order valence-corrected chi connectivity index (χ4v) is 3.41. The summed E-state index contributed by atoms with van der Waals surface area (Å²) in [6.07, 6.45) is 6.38. The normalized spacial score (nSPS) is 15.4. The van der Waals surface area contributed by atoms with Crippen LogP contribution in [0, 0.1) is 11.3 Å². The molecule has 150 valence electrons. The van der Waals surface area contributed by atoms with E-state index >= 15 is 0 Å². The summed E-state index contributed by atoms with van der Waals surface area (Å²) in [5.41, 5.74) is 3.31. The minimum atomic E-state index is 0. The van der Waals surface area contributed by atoms with Gasteiger partial charge in [-0.2, -0.15) is 10.4 Å². The first-order valence-electron chi connectivity index (χ1n) is 9.20. The summed E-state index contributed by atoms with van der Waals surface area (Å²) in [6, 6.07) is 10.7. The van der Waals surface area contributed by atoms with Crippen LogP contribution >= 0.6 is 12.4 Å². The number of hydrogen-bond acceptors (Lipinski definition) is 7. The van der Waals surface area contributed by atoms with Crippen LogP contribution in [0.4, 0.5) is 11.6 Å². The van der Waals surface area contributed by atoms with Crippen LogP contribution in [0.15, 0.2) is 36.7 Å². The summed E-state index contributed by atoms with van der Waals surface area (Å²) in [4.78, 5) is 8.13. The predicted molar refractivity (Wildman–Crippen MR) is 113 cm³/mol. The van der Waals surface area contributed by atoms with Crippen molar-refractivity contribution in [2.24, 2.45) is 0 Å². The molecule has 1 atom stereocenters. The number of nitrogens with zero attached hydrogens (tertiary/aromatic N) is 4. The molecule has 3 N–H and O–H groups in total. The zero-order valence-electron chi connectivity index (χ0n) is 16.0. The Balaban J connectivity index is 0.00000240. The number of aromatic amines is 1. The second-order valence-corrected chi connectivity index (χ2v) is 6.72. The van der Waals surface area contributed by atoms with Crippen LogP contribution in [0.5, 0.6) is 5.75 Å². The molecular formula is C20H22ClN7O. The predicted octanol–water partition coefficient (Wildman–Crippen LogP) is 3.21. The number of methoxy groups -OCH3 is 1. The molecule has 3 heterocycles. The first-order chi connectivity index (χ1) is 13.7. The van der Waals surface area contributed by atoms with Gasteiger partial charge in [-0.1, -0.05) is 6.07 Å². The highest BCUT2D eigenvalue weighted by molar-refractivity contribution is 5.85. The van der Waals surface area contributed by atoms with E-state index in [1.807, 2.05) is 12.1 Å². The Morgan fingerprint density at radius 3 is 2.83 bits per heavy atom. The van der Waals surface area contributed by atoms with E-state index < -0.39 is 0 Å². The Morgan fingerprint density at radius 1 is 1.24 bits per heavy atom. The molecule has 0 unspecified atom stereocenters. The summed E-state index contributed by atoms with van der Waals surface area (Å²) >= 11 is 0. The van der Waals surface area contributed by atoms with Gasteiger partial charge in [-0.3, -0.25) is 5.10 Å². The van der Waals surface area contributed by atoms with Gasteiger partial charge in [-0.25, -0.2) is 9.97 Å². The van der Waals surface area contributed by atoms with Crippen LogP contribution in [-0.2, 0) is 6.42 Å².